The molecule has 0 bridgehead atoms. The number of amides is 1. The molecule has 174 valence electrons. The number of nitrogens with zero attached hydrogens (tertiary/aromatic N) is 1. The number of aliphatic hydroxyl groups excluding tert-OH is 3. The Balaban J connectivity index is 1.67. The first-order valence-corrected chi connectivity index (χ1v) is 10.9. The lowest BCUT2D eigenvalue weighted by Crippen LogP contribution is -2.44. The highest BCUT2D eigenvalue weighted by atomic mass is 16.3. The van der Waals surface area contributed by atoms with Crippen LogP contribution in [0, 0.1) is 17.8 Å². The number of fused-ring (bicyclic) bond motifs is 3. The van der Waals surface area contributed by atoms with E-state index in [2.05, 4.69) is 4.98 Å². The predicted molar refractivity (Wildman–Crippen MR) is 119 cm³/mol. The van der Waals surface area contributed by atoms with E-state index >= 15 is 0 Å². The largest absolute Gasteiger partial charge is 0.511 e. The Labute approximate surface area is 193 Å². The van der Waals surface area contributed by atoms with Gasteiger partial charge in [-0.05, 0) is 53.5 Å². The summed E-state index contributed by atoms with van der Waals surface area (Å²) < 4.78 is 0. The van der Waals surface area contributed by atoms with Crippen LogP contribution in [0.1, 0.15) is 29.5 Å². The number of Topliss-reactive ketones (excluding diaryl/α,β-unsaturated/α-hetero) is 2. The highest BCUT2D eigenvalue weighted by Gasteiger charge is 2.50. The van der Waals surface area contributed by atoms with Crippen LogP contribution in [0.3, 0.4) is 0 Å². The van der Waals surface area contributed by atoms with Gasteiger partial charge in [-0.2, -0.15) is 0 Å². The molecule has 0 aliphatic heterocycles. The predicted octanol–water partition coefficient (Wildman–Crippen LogP) is 1.86. The Morgan fingerprint density at radius 2 is 1.88 bits per heavy atom. The van der Waals surface area contributed by atoms with Crippen LogP contribution in [-0.4, -0.2) is 42.9 Å². The van der Waals surface area contributed by atoms with Gasteiger partial charge in [-0.25, -0.2) is 0 Å². The fourth-order valence-electron chi connectivity index (χ4n) is 5.63. The summed E-state index contributed by atoms with van der Waals surface area (Å²) in [6.07, 6.45) is 3.66. The van der Waals surface area contributed by atoms with E-state index in [1.165, 1.54) is 12.3 Å². The molecule has 2 aromatic rings. The maximum atomic E-state index is 13.5. The molecule has 3 aliphatic carbocycles. The summed E-state index contributed by atoms with van der Waals surface area (Å²) in [6, 6.07) is 4.86. The average molecular weight is 462 g/mol. The number of phenolic OH excluding ortho intramolecular Hbond substituents is 1. The van der Waals surface area contributed by atoms with E-state index in [4.69, 9.17) is 5.73 Å². The third-order valence-corrected chi connectivity index (χ3v) is 7.06. The molecule has 5 rings (SSSR count). The number of hydrogen-bond donors (Lipinski definition) is 5. The fraction of sp³-hybridized carbons (Fsp3) is 0.280. The number of ketones is 2. The van der Waals surface area contributed by atoms with Crippen molar-refractivity contribution in [3.63, 3.8) is 0 Å². The lowest BCUT2D eigenvalue weighted by atomic mass is 9.61. The van der Waals surface area contributed by atoms with Crippen LogP contribution < -0.4 is 5.73 Å². The summed E-state index contributed by atoms with van der Waals surface area (Å²) in [5, 5.41) is 41.8. The number of aromatic nitrogens is 1. The number of allylic oxidation sites excluding steroid dienone is 2. The molecule has 1 saturated carbocycles. The van der Waals surface area contributed by atoms with Gasteiger partial charge in [0.2, 0.25) is 0 Å². The molecule has 6 N–H and O–H groups in total. The lowest BCUT2D eigenvalue weighted by molar-refractivity contribution is -0.127. The number of benzene rings is 1. The van der Waals surface area contributed by atoms with Gasteiger partial charge in [0.1, 0.15) is 22.8 Å². The number of aliphatic hydroxyl groups is 3. The van der Waals surface area contributed by atoms with E-state index in [-0.39, 0.29) is 35.7 Å². The van der Waals surface area contributed by atoms with Crippen molar-refractivity contribution in [2.24, 2.45) is 23.5 Å². The second kappa shape index (κ2) is 7.81. The molecule has 1 heterocycles. The third-order valence-electron chi connectivity index (χ3n) is 7.06. The summed E-state index contributed by atoms with van der Waals surface area (Å²) >= 11 is 0. The van der Waals surface area contributed by atoms with Crippen molar-refractivity contribution < 1.29 is 34.8 Å². The quantitative estimate of drug-likeness (QED) is 0.430. The molecule has 9 heteroatoms. The molecule has 3 aliphatic rings. The minimum absolute atomic E-state index is 0.0631. The van der Waals surface area contributed by atoms with Gasteiger partial charge in [0.15, 0.2) is 11.6 Å². The first kappa shape index (κ1) is 21.8. The SMILES string of the molecule is NC(=O)C1=C(O)C2C(=O)C3=C(O)c4c(O)ccc(-c5cncc(CO)c5)c4C[C@H]3C[C@H]2CC1=O. The van der Waals surface area contributed by atoms with Gasteiger partial charge >= 0.3 is 0 Å². The zero-order valence-corrected chi connectivity index (χ0v) is 18.0. The van der Waals surface area contributed by atoms with Crippen LogP contribution in [0.5, 0.6) is 5.75 Å². The standard InChI is InChI=1S/C25H22N2O7/c26-25(34)21-17(30)6-12-4-11-5-15-14(13-3-10(9-28)7-27-8-13)1-2-16(29)20(15)23(32)18(11)22(31)19(12)24(21)33/h1-3,7-8,11-12,19,28-29,32-33H,4-6,9H2,(H2,26,34)/t11-,12+,19?/m1/s1. The van der Waals surface area contributed by atoms with Crippen molar-refractivity contribution in [3.05, 3.63) is 64.2 Å². The number of hydrogen-bond acceptors (Lipinski definition) is 8. The summed E-state index contributed by atoms with van der Waals surface area (Å²) in [4.78, 5) is 41.7. The molecular weight excluding hydrogens is 440 g/mol. The fourth-order valence-corrected chi connectivity index (χ4v) is 5.63. The maximum Gasteiger partial charge on any atom is 0.255 e. The molecule has 3 atom stereocenters. The number of aromatic hydroxyl groups is 1. The van der Waals surface area contributed by atoms with E-state index in [1.807, 2.05) is 0 Å². The van der Waals surface area contributed by atoms with Crippen LogP contribution in [0.25, 0.3) is 16.9 Å². The van der Waals surface area contributed by atoms with Gasteiger partial charge in [0, 0.05) is 30.0 Å². The zero-order chi connectivity index (χ0) is 24.3. The minimum Gasteiger partial charge on any atom is -0.511 e. The number of rotatable bonds is 3. The lowest BCUT2D eigenvalue weighted by Gasteiger charge is -2.41. The molecule has 1 fully saturated rings. The van der Waals surface area contributed by atoms with Gasteiger partial charge in [0.25, 0.3) is 5.91 Å². The molecule has 9 nitrogen and oxygen atoms in total. The zero-order valence-electron chi connectivity index (χ0n) is 18.0. The van der Waals surface area contributed by atoms with Gasteiger partial charge in [-0.3, -0.25) is 19.4 Å². The molecule has 1 amide bonds. The molecule has 0 spiro atoms. The van der Waals surface area contributed by atoms with Gasteiger partial charge in [0.05, 0.1) is 18.1 Å². The first-order valence-electron chi connectivity index (χ1n) is 10.9. The second-order valence-electron chi connectivity index (χ2n) is 8.98. The van der Waals surface area contributed by atoms with Crippen molar-refractivity contribution in [1.82, 2.24) is 4.98 Å². The minimum atomic E-state index is -1.15. The number of primary amides is 1. The van der Waals surface area contributed by atoms with E-state index in [0.29, 0.717) is 35.1 Å². The van der Waals surface area contributed by atoms with Crippen LogP contribution in [-0.2, 0) is 27.4 Å². The summed E-state index contributed by atoms with van der Waals surface area (Å²) in [5.74, 6) is -5.65. The van der Waals surface area contributed by atoms with Crippen molar-refractivity contribution in [1.29, 1.82) is 0 Å². The van der Waals surface area contributed by atoms with Crippen LogP contribution in [0.15, 0.2) is 47.5 Å². The Kier molecular flexibility index (Phi) is 5.02. The van der Waals surface area contributed by atoms with Crippen LogP contribution in [0.4, 0.5) is 0 Å². The van der Waals surface area contributed by atoms with Crippen molar-refractivity contribution in [2.75, 3.05) is 0 Å². The molecule has 0 saturated heterocycles. The molecule has 1 unspecified atom stereocenters. The third kappa shape index (κ3) is 3.12. The van der Waals surface area contributed by atoms with E-state index in [0.717, 1.165) is 0 Å². The number of nitrogens with two attached hydrogens (primary N) is 1. The Morgan fingerprint density at radius 3 is 2.59 bits per heavy atom. The van der Waals surface area contributed by atoms with E-state index in [9.17, 15) is 34.8 Å². The summed E-state index contributed by atoms with van der Waals surface area (Å²) in [7, 11) is 0. The molecule has 34 heavy (non-hydrogen) atoms. The van der Waals surface area contributed by atoms with Gasteiger partial charge in [-0.1, -0.05) is 6.07 Å². The average Bonchev–Trinajstić information content (AvgIpc) is 2.78. The number of carbonyl (C=O) groups is 3. The van der Waals surface area contributed by atoms with Crippen LogP contribution >= 0.6 is 0 Å². The number of pyridine rings is 1. The maximum absolute atomic E-state index is 13.5. The Bertz CT molecular complexity index is 1340. The Hall–Kier alpha value is -3.98. The highest BCUT2D eigenvalue weighted by molar-refractivity contribution is 6.21. The second-order valence-corrected chi connectivity index (χ2v) is 8.98. The summed E-state index contributed by atoms with van der Waals surface area (Å²) in [5.41, 5.74) is 7.45. The number of carbonyl (C=O) groups excluding carboxylic acids is 3. The van der Waals surface area contributed by atoms with Crippen molar-refractivity contribution >= 4 is 23.2 Å². The van der Waals surface area contributed by atoms with Gasteiger partial charge in [-0.15, -0.1) is 0 Å². The molecular formula is C25H22N2O7. The van der Waals surface area contributed by atoms with Crippen LogP contribution in [0.2, 0.25) is 0 Å². The van der Waals surface area contributed by atoms with E-state index in [1.54, 1.807) is 18.3 Å². The molecule has 1 aromatic heterocycles. The molecule has 1 aromatic carbocycles. The normalized spacial score (nSPS) is 24.0. The molecule has 0 radical (unpaired) electrons. The van der Waals surface area contributed by atoms with Crippen molar-refractivity contribution in [3.8, 4) is 16.9 Å². The Morgan fingerprint density at radius 1 is 1.12 bits per heavy atom. The first-order chi connectivity index (χ1) is 16.2. The van der Waals surface area contributed by atoms with Crippen molar-refractivity contribution in [2.45, 2.75) is 25.9 Å². The highest BCUT2D eigenvalue weighted by Crippen LogP contribution is 2.51. The number of phenols is 1. The monoisotopic (exact) mass is 462 g/mol. The topological polar surface area (TPSA) is 171 Å². The van der Waals surface area contributed by atoms with E-state index < -0.39 is 46.6 Å². The van der Waals surface area contributed by atoms with Gasteiger partial charge < -0.3 is 26.2 Å². The smallest absolute Gasteiger partial charge is 0.255 e. The summed E-state index contributed by atoms with van der Waals surface area (Å²) in [6.45, 7) is -0.199.